The van der Waals surface area contributed by atoms with Crippen molar-refractivity contribution in [3.63, 3.8) is 0 Å². The molecule has 0 aromatic heterocycles. The Kier molecular flexibility index (Phi) is 10.6. The molecule has 6 atom stereocenters. The molecule has 218 valence electrons. The summed E-state index contributed by atoms with van der Waals surface area (Å²) in [6.07, 6.45) is 17.9. The summed E-state index contributed by atoms with van der Waals surface area (Å²) in [6.45, 7) is 9.79. The van der Waals surface area contributed by atoms with Gasteiger partial charge < -0.3 is 15.1 Å². The second-order valence-corrected chi connectivity index (χ2v) is 13.4. The third-order valence-corrected chi connectivity index (χ3v) is 10.9. The molecule has 4 nitrogen and oxygen atoms in total. The molecule has 3 aliphatic rings. The molecule has 1 aromatic rings. The van der Waals surface area contributed by atoms with Gasteiger partial charge in [0.15, 0.2) is 0 Å². The Morgan fingerprint density at radius 3 is 2.49 bits per heavy atom. The van der Waals surface area contributed by atoms with Crippen LogP contribution >= 0.6 is 0 Å². The summed E-state index contributed by atoms with van der Waals surface area (Å²) in [5.41, 5.74) is 3.96. The molecule has 2 saturated carbocycles. The number of rotatable bonds is 14. The number of carbonyl (C=O) groups excluding carboxylic acids is 1. The number of hydrogen-bond donors (Lipinski definition) is 2. The topological polar surface area (TPSA) is 60.8 Å². The third kappa shape index (κ3) is 6.92. The van der Waals surface area contributed by atoms with Crippen molar-refractivity contribution in [1.82, 2.24) is 4.90 Å². The first kappa shape index (κ1) is 30.2. The van der Waals surface area contributed by atoms with Gasteiger partial charge >= 0.3 is 0 Å². The highest BCUT2D eigenvalue weighted by atomic mass is 16.3. The fraction of sp³-hybridized carbons (Fsp3) is 0.743. The van der Waals surface area contributed by atoms with E-state index >= 15 is 0 Å². The van der Waals surface area contributed by atoms with Crippen LogP contribution in [-0.2, 0) is 11.2 Å². The van der Waals surface area contributed by atoms with Crippen molar-refractivity contribution in [2.45, 2.75) is 129 Å². The number of phenols is 1. The van der Waals surface area contributed by atoms with Crippen LogP contribution < -0.4 is 0 Å². The van der Waals surface area contributed by atoms with Crippen LogP contribution in [0.25, 0.3) is 0 Å². The second kappa shape index (κ2) is 13.7. The van der Waals surface area contributed by atoms with E-state index in [0.29, 0.717) is 41.7 Å². The first-order valence-electron chi connectivity index (χ1n) is 16.2. The number of unbranched alkanes of at least 4 members (excludes halogenated alkanes) is 8. The van der Waals surface area contributed by atoms with Gasteiger partial charge in [-0.05, 0) is 103 Å². The fourth-order valence-electron chi connectivity index (χ4n) is 8.44. The molecule has 3 aliphatic carbocycles. The molecule has 2 fully saturated rings. The number of aromatic hydroxyl groups is 1. The Hall–Kier alpha value is -1.81. The minimum atomic E-state index is -0.347. The molecule has 0 aliphatic heterocycles. The third-order valence-electron chi connectivity index (χ3n) is 10.9. The van der Waals surface area contributed by atoms with Crippen LogP contribution in [0.1, 0.15) is 127 Å². The Bertz CT molecular complexity index is 973. The average Bonchev–Trinajstić information content (AvgIpc) is 3.15. The van der Waals surface area contributed by atoms with E-state index in [-0.39, 0.29) is 11.5 Å². The van der Waals surface area contributed by atoms with Gasteiger partial charge in [-0.15, -0.1) is 0 Å². The summed E-state index contributed by atoms with van der Waals surface area (Å²) in [5.74, 6) is 3.00. The van der Waals surface area contributed by atoms with Gasteiger partial charge in [0.25, 0.3) is 0 Å². The van der Waals surface area contributed by atoms with Gasteiger partial charge in [0.05, 0.1) is 6.10 Å². The number of carbonyl (C=O) groups is 1. The summed E-state index contributed by atoms with van der Waals surface area (Å²) in [6, 6.07) is 6.07. The second-order valence-electron chi connectivity index (χ2n) is 13.4. The monoisotopic (exact) mass is 537 g/mol. The van der Waals surface area contributed by atoms with E-state index in [4.69, 9.17) is 0 Å². The standard InChI is InChI=1S/C35H55NO3/c1-5-6-21-36(4)33(39)16-14-12-10-8-7-9-11-13-15-26-22-27-23-28(37)17-18-29(27)30-19-20-35(3)25(2)32(38)24-31(35)34(26)30/h17-18,23,26,30-32,34,37-38H,2,5-16,19-22,24H2,1,3-4H3/t26?,30?,31?,32-,34?,35-/m1/s1. The zero-order valence-corrected chi connectivity index (χ0v) is 25.1. The lowest BCUT2D eigenvalue weighted by Crippen LogP contribution is -2.44. The van der Waals surface area contributed by atoms with E-state index in [0.717, 1.165) is 57.1 Å². The van der Waals surface area contributed by atoms with Crippen LogP contribution in [0.2, 0.25) is 0 Å². The Balaban J connectivity index is 1.21. The molecule has 1 aromatic carbocycles. The van der Waals surface area contributed by atoms with Crippen molar-refractivity contribution < 1.29 is 15.0 Å². The molecule has 2 N–H and O–H groups in total. The molecule has 39 heavy (non-hydrogen) atoms. The Morgan fingerprint density at radius 2 is 1.77 bits per heavy atom. The van der Waals surface area contributed by atoms with E-state index in [1.165, 1.54) is 62.5 Å². The van der Waals surface area contributed by atoms with Crippen LogP contribution in [0, 0.1) is 23.2 Å². The van der Waals surface area contributed by atoms with Crippen LogP contribution in [-0.4, -0.2) is 40.7 Å². The molecule has 4 unspecified atom stereocenters. The number of aliphatic hydroxyl groups is 1. The largest absolute Gasteiger partial charge is 0.508 e. The first-order valence-corrected chi connectivity index (χ1v) is 16.2. The lowest BCUT2D eigenvalue weighted by atomic mass is 9.52. The Labute approximate surface area is 238 Å². The zero-order valence-electron chi connectivity index (χ0n) is 25.1. The smallest absolute Gasteiger partial charge is 0.222 e. The molecule has 0 heterocycles. The van der Waals surface area contributed by atoms with Crippen molar-refractivity contribution in [2.75, 3.05) is 13.6 Å². The average molecular weight is 538 g/mol. The van der Waals surface area contributed by atoms with E-state index in [2.05, 4.69) is 26.5 Å². The summed E-state index contributed by atoms with van der Waals surface area (Å²) in [5, 5.41) is 21.0. The van der Waals surface area contributed by atoms with Crippen LogP contribution in [0.15, 0.2) is 30.4 Å². The summed E-state index contributed by atoms with van der Waals surface area (Å²) in [7, 11) is 1.94. The number of fused-ring (bicyclic) bond motifs is 5. The van der Waals surface area contributed by atoms with Gasteiger partial charge in [0, 0.05) is 20.0 Å². The molecule has 4 heteroatoms. The predicted octanol–water partition coefficient (Wildman–Crippen LogP) is 8.16. The Morgan fingerprint density at radius 1 is 1.08 bits per heavy atom. The van der Waals surface area contributed by atoms with Gasteiger partial charge in [-0.1, -0.05) is 77.9 Å². The molecule has 1 amide bonds. The maximum Gasteiger partial charge on any atom is 0.222 e. The maximum absolute atomic E-state index is 12.2. The highest BCUT2D eigenvalue weighted by Crippen LogP contribution is 2.64. The number of benzene rings is 1. The van der Waals surface area contributed by atoms with E-state index in [1.54, 1.807) is 0 Å². The summed E-state index contributed by atoms with van der Waals surface area (Å²) >= 11 is 0. The molecule has 4 rings (SSSR count). The molecular formula is C35H55NO3. The SMILES string of the molecule is C=C1[C@H](O)CC2C3C(CCCCCCCCCCC(=O)N(C)CCCC)Cc4cc(O)ccc4C3CC[C@]12C. The fourth-order valence-corrected chi connectivity index (χ4v) is 8.44. The minimum absolute atomic E-state index is 0.0722. The highest BCUT2D eigenvalue weighted by molar-refractivity contribution is 5.75. The zero-order chi connectivity index (χ0) is 28.0. The quantitative estimate of drug-likeness (QED) is 0.186. The number of aliphatic hydroxyl groups excluding tert-OH is 1. The van der Waals surface area contributed by atoms with E-state index in [1.807, 2.05) is 24.1 Å². The predicted molar refractivity (Wildman–Crippen MR) is 161 cm³/mol. The first-order chi connectivity index (χ1) is 18.8. The lowest BCUT2D eigenvalue weighted by Gasteiger charge is -2.52. The van der Waals surface area contributed by atoms with Gasteiger partial charge in [-0.3, -0.25) is 4.79 Å². The van der Waals surface area contributed by atoms with Crippen molar-refractivity contribution in [3.05, 3.63) is 41.5 Å². The van der Waals surface area contributed by atoms with Crippen LogP contribution in [0.3, 0.4) is 0 Å². The van der Waals surface area contributed by atoms with E-state index in [9.17, 15) is 15.0 Å². The van der Waals surface area contributed by atoms with Crippen molar-refractivity contribution in [3.8, 4) is 5.75 Å². The van der Waals surface area contributed by atoms with Crippen molar-refractivity contribution >= 4 is 5.91 Å². The van der Waals surface area contributed by atoms with Gasteiger partial charge in [0.1, 0.15) is 5.75 Å². The van der Waals surface area contributed by atoms with Crippen LogP contribution in [0.5, 0.6) is 5.75 Å². The minimum Gasteiger partial charge on any atom is -0.508 e. The molecular weight excluding hydrogens is 482 g/mol. The van der Waals surface area contributed by atoms with Gasteiger partial charge in [-0.25, -0.2) is 0 Å². The molecule has 0 radical (unpaired) electrons. The van der Waals surface area contributed by atoms with Crippen molar-refractivity contribution in [2.24, 2.45) is 23.2 Å². The normalized spacial score (nSPS) is 29.5. The highest BCUT2D eigenvalue weighted by Gasteiger charge is 2.56. The molecule has 0 bridgehead atoms. The van der Waals surface area contributed by atoms with E-state index < -0.39 is 0 Å². The molecule has 0 spiro atoms. The van der Waals surface area contributed by atoms with Gasteiger partial charge in [-0.2, -0.15) is 0 Å². The van der Waals surface area contributed by atoms with Crippen LogP contribution in [0.4, 0.5) is 0 Å². The summed E-state index contributed by atoms with van der Waals surface area (Å²) in [4.78, 5) is 14.1. The van der Waals surface area contributed by atoms with Gasteiger partial charge in [0.2, 0.25) is 5.91 Å². The molecule has 0 saturated heterocycles. The summed E-state index contributed by atoms with van der Waals surface area (Å²) < 4.78 is 0. The lowest BCUT2D eigenvalue weighted by molar-refractivity contribution is -0.130. The number of hydrogen-bond acceptors (Lipinski definition) is 3. The maximum atomic E-state index is 12.2. The number of nitrogens with zero attached hydrogens (tertiary/aromatic N) is 1. The number of amides is 1. The number of phenolic OH excluding ortho intramolecular Hbond substituents is 1. The van der Waals surface area contributed by atoms with Crippen molar-refractivity contribution in [1.29, 1.82) is 0 Å².